The van der Waals surface area contributed by atoms with Crippen LogP contribution in [-0.2, 0) is 4.79 Å². The lowest BCUT2D eigenvalue weighted by atomic mass is 10.1. The highest BCUT2D eigenvalue weighted by Gasteiger charge is 2.29. The van der Waals surface area contributed by atoms with Gasteiger partial charge >= 0.3 is 0 Å². The van der Waals surface area contributed by atoms with Gasteiger partial charge in [-0.2, -0.15) is 0 Å². The maximum absolute atomic E-state index is 11.9. The summed E-state index contributed by atoms with van der Waals surface area (Å²) in [6.07, 6.45) is 2.76. The smallest absolute Gasteiger partial charge is 0.225 e. The van der Waals surface area contributed by atoms with Crippen molar-refractivity contribution in [1.82, 2.24) is 0 Å². The van der Waals surface area contributed by atoms with Crippen molar-refractivity contribution in [2.24, 2.45) is 11.7 Å². The van der Waals surface area contributed by atoms with Crippen molar-refractivity contribution in [3.8, 4) is 0 Å². The van der Waals surface area contributed by atoms with Crippen LogP contribution in [0.5, 0.6) is 0 Å². The highest BCUT2D eigenvalue weighted by molar-refractivity contribution is 5.92. The molecule has 0 heterocycles. The summed E-state index contributed by atoms with van der Waals surface area (Å²) in [5.41, 5.74) is 9.04. The molecule has 19 heavy (non-hydrogen) atoms. The predicted octanol–water partition coefficient (Wildman–Crippen LogP) is 2.13. The van der Waals surface area contributed by atoms with Gasteiger partial charge in [-0.1, -0.05) is 0 Å². The van der Waals surface area contributed by atoms with Crippen LogP contribution in [0, 0.1) is 12.8 Å². The second kappa shape index (κ2) is 5.61. The molecule has 0 aromatic heterocycles. The van der Waals surface area contributed by atoms with Crippen LogP contribution in [0.15, 0.2) is 18.2 Å². The van der Waals surface area contributed by atoms with E-state index in [1.165, 1.54) is 12.8 Å². The molecule has 1 aliphatic carbocycles. The SMILES string of the molecule is Cc1cc(N(C)C)ccc1NC(=O)CC(N)C1CC1. The number of hydrogen-bond acceptors (Lipinski definition) is 3. The van der Waals surface area contributed by atoms with E-state index in [9.17, 15) is 4.79 Å². The van der Waals surface area contributed by atoms with E-state index in [1.54, 1.807) is 0 Å². The van der Waals surface area contributed by atoms with Gasteiger partial charge in [0, 0.05) is 37.9 Å². The number of anilines is 2. The number of aryl methyl sites for hydroxylation is 1. The van der Waals surface area contributed by atoms with Gasteiger partial charge in [-0.15, -0.1) is 0 Å². The van der Waals surface area contributed by atoms with E-state index < -0.39 is 0 Å². The summed E-state index contributed by atoms with van der Waals surface area (Å²) in [6, 6.07) is 6.03. The Labute approximate surface area is 115 Å². The predicted molar refractivity (Wildman–Crippen MR) is 79.5 cm³/mol. The number of nitrogens with zero attached hydrogens (tertiary/aromatic N) is 1. The zero-order valence-corrected chi connectivity index (χ0v) is 11.9. The second-order valence-electron chi connectivity index (χ2n) is 5.65. The first-order valence-corrected chi connectivity index (χ1v) is 6.81. The molecule has 1 fully saturated rings. The van der Waals surface area contributed by atoms with Crippen LogP contribution in [0.4, 0.5) is 11.4 Å². The van der Waals surface area contributed by atoms with Crippen LogP contribution in [-0.4, -0.2) is 26.0 Å². The normalized spacial score (nSPS) is 16.0. The highest BCUT2D eigenvalue weighted by atomic mass is 16.1. The molecule has 0 aliphatic heterocycles. The Morgan fingerprint density at radius 1 is 1.47 bits per heavy atom. The molecular weight excluding hydrogens is 238 g/mol. The van der Waals surface area contributed by atoms with Gasteiger partial charge in [0.25, 0.3) is 0 Å². The van der Waals surface area contributed by atoms with E-state index in [2.05, 4.69) is 11.4 Å². The van der Waals surface area contributed by atoms with E-state index in [4.69, 9.17) is 5.73 Å². The zero-order valence-electron chi connectivity index (χ0n) is 11.9. The average Bonchev–Trinajstić information content (AvgIpc) is 3.15. The van der Waals surface area contributed by atoms with Crippen LogP contribution in [0.3, 0.4) is 0 Å². The first kappa shape index (κ1) is 13.9. The lowest BCUT2D eigenvalue weighted by Crippen LogP contribution is -2.29. The molecule has 1 aromatic carbocycles. The summed E-state index contributed by atoms with van der Waals surface area (Å²) < 4.78 is 0. The molecule has 4 heteroatoms. The van der Waals surface area contributed by atoms with E-state index in [1.807, 2.05) is 38.1 Å². The van der Waals surface area contributed by atoms with Crippen LogP contribution >= 0.6 is 0 Å². The molecule has 2 rings (SSSR count). The largest absolute Gasteiger partial charge is 0.378 e. The van der Waals surface area contributed by atoms with Gasteiger partial charge in [0.05, 0.1) is 0 Å². The van der Waals surface area contributed by atoms with E-state index in [0.717, 1.165) is 16.9 Å². The summed E-state index contributed by atoms with van der Waals surface area (Å²) in [5, 5.41) is 2.95. The molecule has 1 saturated carbocycles. The Morgan fingerprint density at radius 2 is 2.16 bits per heavy atom. The Morgan fingerprint density at radius 3 is 2.68 bits per heavy atom. The molecule has 104 valence electrons. The average molecular weight is 261 g/mol. The van der Waals surface area contributed by atoms with Crippen LogP contribution < -0.4 is 16.0 Å². The molecule has 3 N–H and O–H groups in total. The first-order chi connectivity index (χ1) is 8.97. The summed E-state index contributed by atoms with van der Waals surface area (Å²) in [6.45, 7) is 2.00. The minimum absolute atomic E-state index is 0.0140. The Hall–Kier alpha value is -1.55. The van der Waals surface area contributed by atoms with Gasteiger partial charge in [-0.25, -0.2) is 0 Å². The van der Waals surface area contributed by atoms with E-state index >= 15 is 0 Å². The van der Waals surface area contributed by atoms with Gasteiger partial charge in [0.2, 0.25) is 5.91 Å². The maximum atomic E-state index is 11.9. The minimum Gasteiger partial charge on any atom is -0.378 e. The molecule has 1 aromatic rings. The lowest BCUT2D eigenvalue weighted by molar-refractivity contribution is -0.116. The van der Waals surface area contributed by atoms with Crippen molar-refractivity contribution in [3.63, 3.8) is 0 Å². The van der Waals surface area contributed by atoms with E-state index in [0.29, 0.717) is 12.3 Å². The number of rotatable bonds is 5. The van der Waals surface area contributed by atoms with Crippen LogP contribution in [0.25, 0.3) is 0 Å². The van der Waals surface area contributed by atoms with Crippen molar-refractivity contribution in [2.75, 3.05) is 24.3 Å². The van der Waals surface area contributed by atoms with Crippen LogP contribution in [0.2, 0.25) is 0 Å². The van der Waals surface area contributed by atoms with Crippen molar-refractivity contribution in [1.29, 1.82) is 0 Å². The fraction of sp³-hybridized carbons (Fsp3) is 0.533. The number of amides is 1. The molecule has 1 atom stereocenters. The molecule has 0 radical (unpaired) electrons. The molecule has 1 unspecified atom stereocenters. The van der Waals surface area contributed by atoms with Crippen molar-refractivity contribution >= 4 is 17.3 Å². The third kappa shape index (κ3) is 3.70. The van der Waals surface area contributed by atoms with Crippen LogP contribution in [0.1, 0.15) is 24.8 Å². The number of carbonyl (C=O) groups is 1. The summed E-state index contributed by atoms with van der Waals surface area (Å²) in [5.74, 6) is 0.572. The van der Waals surface area contributed by atoms with Crippen molar-refractivity contribution < 1.29 is 4.79 Å². The minimum atomic E-state index is 0.0140. The quantitative estimate of drug-likeness (QED) is 0.853. The van der Waals surface area contributed by atoms with Gasteiger partial charge < -0.3 is 16.0 Å². The Kier molecular flexibility index (Phi) is 4.10. The third-order valence-electron chi connectivity index (χ3n) is 3.65. The Bertz CT molecular complexity index is 466. The summed E-state index contributed by atoms with van der Waals surface area (Å²) in [4.78, 5) is 14.0. The zero-order chi connectivity index (χ0) is 14.0. The fourth-order valence-corrected chi connectivity index (χ4v) is 2.17. The molecule has 4 nitrogen and oxygen atoms in total. The van der Waals surface area contributed by atoms with Crippen molar-refractivity contribution in [2.45, 2.75) is 32.2 Å². The number of hydrogen-bond donors (Lipinski definition) is 2. The molecule has 1 amide bonds. The Balaban J connectivity index is 1.96. The number of nitrogens with one attached hydrogen (secondary N) is 1. The van der Waals surface area contributed by atoms with Gasteiger partial charge in [-0.3, -0.25) is 4.79 Å². The molecule has 0 spiro atoms. The monoisotopic (exact) mass is 261 g/mol. The highest BCUT2D eigenvalue weighted by Crippen LogP contribution is 2.33. The number of carbonyl (C=O) groups excluding carboxylic acids is 1. The molecule has 0 saturated heterocycles. The topological polar surface area (TPSA) is 58.4 Å². The second-order valence-corrected chi connectivity index (χ2v) is 5.65. The number of nitrogens with two attached hydrogens (primary N) is 1. The maximum Gasteiger partial charge on any atom is 0.225 e. The lowest BCUT2D eigenvalue weighted by Gasteiger charge is -2.16. The molecule has 1 aliphatic rings. The first-order valence-electron chi connectivity index (χ1n) is 6.81. The molecule has 0 bridgehead atoms. The van der Waals surface area contributed by atoms with Gasteiger partial charge in [0.1, 0.15) is 0 Å². The third-order valence-corrected chi connectivity index (χ3v) is 3.65. The summed E-state index contributed by atoms with van der Waals surface area (Å²) >= 11 is 0. The van der Waals surface area contributed by atoms with Gasteiger partial charge in [0.15, 0.2) is 0 Å². The van der Waals surface area contributed by atoms with Gasteiger partial charge in [-0.05, 0) is 49.4 Å². The van der Waals surface area contributed by atoms with Crippen molar-refractivity contribution in [3.05, 3.63) is 23.8 Å². The fourth-order valence-electron chi connectivity index (χ4n) is 2.17. The molecular formula is C15H23N3O. The summed E-state index contributed by atoms with van der Waals surface area (Å²) in [7, 11) is 4.00. The standard InChI is InChI=1S/C15H23N3O/c1-10-8-12(18(2)3)6-7-14(10)17-15(19)9-13(16)11-4-5-11/h6-8,11,13H,4-5,9,16H2,1-3H3,(H,17,19). The number of benzene rings is 1. The van der Waals surface area contributed by atoms with E-state index in [-0.39, 0.29) is 11.9 Å².